The van der Waals surface area contributed by atoms with Gasteiger partial charge in [-0.3, -0.25) is 9.59 Å². The summed E-state index contributed by atoms with van der Waals surface area (Å²) < 4.78 is 8.44. The van der Waals surface area contributed by atoms with Crippen LogP contribution in [-0.2, 0) is 22.6 Å². The standard InChI is InChI=1S/C20H18N4O3/c1-2-27-20(26)13-23-11-15(21-22-23)12-24-17-7-4-3-6-14(17)10-16-18(24)8-5-9-19(16)25/h3-11H,2,12-13H2,1H3. The summed E-state index contributed by atoms with van der Waals surface area (Å²) in [5.74, 6) is -0.354. The normalized spacial score (nSPS) is 11.1. The second-order valence-electron chi connectivity index (χ2n) is 6.19. The lowest BCUT2D eigenvalue weighted by molar-refractivity contribution is -0.144. The van der Waals surface area contributed by atoms with E-state index in [0.29, 0.717) is 24.4 Å². The zero-order valence-electron chi connectivity index (χ0n) is 14.8. The van der Waals surface area contributed by atoms with Crippen molar-refractivity contribution in [2.45, 2.75) is 20.0 Å². The first-order chi connectivity index (χ1) is 13.2. The third-order valence-corrected chi connectivity index (χ3v) is 4.36. The zero-order valence-corrected chi connectivity index (χ0v) is 14.8. The van der Waals surface area contributed by atoms with Gasteiger partial charge in [-0.15, -0.1) is 5.10 Å². The van der Waals surface area contributed by atoms with E-state index in [4.69, 9.17) is 4.74 Å². The van der Waals surface area contributed by atoms with Crippen LogP contribution >= 0.6 is 0 Å². The fourth-order valence-electron chi connectivity index (χ4n) is 3.21. The second-order valence-corrected chi connectivity index (χ2v) is 6.19. The smallest absolute Gasteiger partial charge is 0.327 e. The average molecular weight is 362 g/mol. The second kappa shape index (κ2) is 7.03. The average Bonchev–Trinajstić information content (AvgIpc) is 3.09. The van der Waals surface area contributed by atoms with Crippen molar-refractivity contribution in [1.29, 1.82) is 0 Å². The summed E-state index contributed by atoms with van der Waals surface area (Å²) in [5.41, 5.74) is 3.17. The Labute approximate surface area is 155 Å². The zero-order chi connectivity index (χ0) is 18.8. The quantitative estimate of drug-likeness (QED) is 0.402. The number of aromatic nitrogens is 4. The summed E-state index contributed by atoms with van der Waals surface area (Å²) >= 11 is 0. The molecule has 7 heteroatoms. The van der Waals surface area contributed by atoms with Crippen LogP contribution in [0.5, 0.6) is 0 Å². The Morgan fingerprint density at radius 3 is 2.85 bits per heavy atom. The number of hydrogen-bond donors (Lipinski definition) is 0. The molecule has 7 nitrogen and oxygen atoms in total. The fourth-order valence-corrected chi connectivity index (χ4v) is 3.21. The van der Waals surface area contributed by atoms with Crippen molar-refractivity contribution in [3.63, 3.8) is 0 Å². The molecule has 0 bridgehead atoms. The fraction of sp³-hybridized carbons (Fsp3) is 0.200. The Hall–Kier alpha value is -3.48. The highest BCUT2D eigenvalue weighted by Crippen LogP contribution is 2.26. The van der Waals surface area contributed by atoms with E-state index >= 15 is 0 Å². The largest absolute Gasteiger partial charge is 0.465 e. The summed E-state index contributed by atoms with van der Waals surface area (Å²) in [6.45, 7) is 2.55. The topological polar surface area (TPSA) is 79.0 Å². The van der Waals surface area contributed by atoms with Crippen LogP contribution in [0, 0.1) is 0 Å². The molecule has 2 aliphatic rings. The van der Waals surface area contributed by atoms with Crippen molar-refractivity contribution in [2.24, 2.45) is 0 Å². The number of rotatable bonds is 5. The number of esters is 1. The van der Waals surface area contributed by atoms with Gasteiger partial charge in [0.2, 0.25) is 0 Å². The number of ether oxygens (including phenoxy) is 1. The van der Waals surface area contributed by atoms with E-state index in [0.717, 1.165) is 16.6 Å². The first-order valence-corrected chi connectivity index (χ1v) is 8.71. The molecule has 0 N–H and O–H groups in total. The Kier molecular flexibility index (Phi) is 4.42. The number of hydrogen-bond acceptors (Lipinski definition) is 5. The summed E-state index contributed by atoms with van der Waals surface area (Å²) in [7, 11) is 0. The van der Waals surface area contributed by atoms with Gasteiger partial charge in [0.1, 0.15) is 12.2 Å². The number of carbonyl (C=O) groups is 1. The van der Waals surface area contributed by atoms with Crippen LogP contribution < -0.4 is 5.43 Å². The summed E-state index contributed by atoms with van der Waals surface area (Å²) in [5, 5.41) is 9.15. The molecule has 136 valence electrons. The van der Waals surface area contributed by atoms with Crippen molar-refractivity contribution >= 4 is 16.9 Å². The molecule has 2 heterocycles. The molecule has 0 atom stereocenters. The lowest BCUT2D eigenvalue weighted by Gasteiger charge is -2.17. The third kappa shape index (κ3) is 3.31. The van der Waals surface area contributed by atoms with Crippen LogP contribution in [0.3, 0.4) is 0 Å². The van der Waals surface area contributed by atoms with Crippen molar-refractivity contribution < 1.29 is 9.53 Å². The van der Waals surface area contributed by atoms with Gasteiger partial charge in [0, 0.05) is 11.1 Å². The number of pyridine rings is 1. The molecule has 0 saturated heterocycles. The van der Waals surface area contributed by atoms with Crippen LogP contribution in [0.2, 0.25) is 0 Å². The Morgan fingerprint density at radius 1 is 1.15 bits per heavy atom. The first kappa shape index (κ1) is 17.0. The summed E-state index contributed by atoms with van der Waals surface area (Å²) in [4.78, 5) is 23.9. The lowest BCUT2D eigenvalue weighted by Crippen LogP contribution is -2.14. The van der Waals surface area contributed by atoms with Crippen molar-refractivity contribution in [1.82, 2.24) is 19.6 Å². The van der Waals surface area contributed by atoms with Crippen LogP contribution in [0.15, 0.2) is 59.5 Å². The van der Waals surface area contributed by atoms with Crippen LogP contribution in [0.1, 0.15) is 12.6 Å². The van der Waals surface area contributed by atoms with Crippen LogP contribution in [-0.4, -0.2) is 32.1 Å². The van der Waals surface area contributed by atoms with E-state index in [9.17, 15) is 9.59 Å². The van der Waals surface area contributed by atoms with Gasteiger partial charge < -0.3 is 9.30 Å². The van der Waals surface area contributed by atoms with E-state index in [-0.39, 0.29) is 17.9 Å². The molecule has 4 rings (SSSR count). The minimum atomic E-state index is -0.354. The molecule has 0 spiro atoms. The maximum atomic E-state index is 12.3. The molecule has 0 saturated carbocycles. The highest BCUT2D eigenvalue weighted by molar-refractivity contribution is 5.86. The summed E-state index contributed by atoms with van der Waals surface area (Å²) in [6.07, 6.45) is 1.72. The molecule has 27 heavy (non-hydrogen) atoms. The predicted molar refractivity (Wildman–Crippen MR) is 101 cm³/mol. The monoisotopic (exact) mass is 362 g/mol. The van der Waals surface area contributed by atoms with Gasteiger partial charge in [0.15, 0.2) is 5.43 Å². The van der Waals surface area contributed by atoms with Crippen molar-refractivity contribution in [3.8, 4) is 11.3 Å². The maximum Gasteiger partial charge on any atom is 0.327 e. The molecule has 1 aliphatic carbocycles. The molecular weight excluding hydrogens is 344 g/mol. The highest BCUT2D eigenvalue weighted by Gasteiger charge is 2.15. The molecule has 1 aliphatic heterocycles. The molecular formula is C20H18N4O3. The van der Waals surface area contributed by atoms with E-state index in [1.54, 1.807) is 25.3 Å². The highest BCUT2D eigenvalue weighted by atomic mass is 16.5. The molecule has 0 radical (unpaired) electrons. The number of benzene rings is 2. The summed E-state index contributed by atoms with van der Waals surface area (Å²) in [6, 6.07) is 15.1. The number of para-hydroxylation sites is 1. The number of fused-ring (bicyclic) bond motifs is 2. The Balaban J connectivity index is 1.75. The molecule has 0 unspecified atom stereocenters. The van der Waals surface area contributed by atoms with Gasteiger partial charge >= 0.3 is 5.97 Å². The van der Waals surface area contributed by atoms with Gasteiger partial charge in [-0.2, -0.15) is 0 Å². The van der Waals surface area contributed by atoms with Crippen molar-refractivity contribution in [2.75, 3.05) is 6.61 Å². The van der Waals surface area contributed by atoms with E-state index in [1.165, 1.54) is 4.68 Å². The maximum absolute atomic E-state index is 12.3. The minimum Gasteiger partial charge on any atom is -0.465 e. The Morgan fingerprint density at radius 2 is 2.00 bits per heavy atom. The van der Waals surface area contributed by atoms with E-state index < -0.39 is 0 Å². The Bertz CT molecular complexity index is 1150. The molecule has 0 amide bonds. The van der Waals surface area contributed by atoms with Gasteiger partial charge in [-0.25, -0.2) is 4.68 Å². The third-order valence-electron chi connectivity index (χ3n) is 4.36. The molecule has 2 aromatic rings. The number of carbonyl (C=O) groups excluding carboxylic acids is 1. The molecule has 1 aromatic heterocycles. The van der Waals surface area contributed by atoms with Gasteiger partial charge in [0.25, 0.3) is 0 Å². The van der Waals surface area contributed by atoms with E-state index in [1.807, 2.05) is 41.0 Å². The van der Waals surface area contributed by atoms with Gasteiger partial charge in [0.05, 0.1) is 25.0 Å². The predicted octanol–water partition coefficient (Wildman–Crippen LogP) is 2.31. The minimum absolute atomic E-state index is 0.0158. The van der Waals surface area contributed by atoms with Crippen molar-refractivity contribution in [3.05, 3.63) is 70.6 Å². The SMILES string of the molecule is CCOC(=O)Cn1cc(Cn2c3cccc(=O)c-3cc3ccccc32)nn1. The van der Waals surface area contributed by atoms with E-state index in [2.05, 4.69) is 10.3 Å². The van der Waals surface area contributed by atoms with Gasteiger partial charge in [-0.1, -0.05) is 29.5 Å². The molecule has 0 fully saturated rings. The van der Waals surface area contributed by atoms with Gasteiger partial charge in [-0.05, 0) is 36.6 Å². The molecule has 1 aromatic carbocycles. The van der Waals surface area contributed by atoms with Crippen LogP contribution in [0.4, 0.5) is 0 Å². The number of nitrogens with zero attached hydrogens (tertiary/aromatic N) is 4. The van der Waals surface area contributed by atoms with Crippen LogP contribution in [0.25, 0.3) is 22.2 Å². The lowest BCUT2D eigenvalue weighted by atomic mass is 10.0. The first-order valence-electron chi connectivity index (χ1n) is 8.71.